The van der Waals surface area contributed by atoms with Gasteiger partial charge in [-0.05, 0) is 52.0 Å². The van der Waals surface area contributed by atoms with E-state index in [1.54, 1.807) is 50.0 Å². The monoisotopic (exact) mass is 466 g/mol. The van der Waals surface area contributed by atoms with Crippen molar-refractivity contribution in [2.24, 2.45) is 7.05 Å². The summed E-state index contributed by atoms with van der Waals surface area (Å²) >= 11 is 0. The summed E-state index contributed by atoms with van der Waals surface area (Å²) in [6, 6.07) is 8.88. The van der Waals surface area contributed by atoms with Crippen LogP contribution < -0.4 is 20.1 Å². The van der Waals surface area contributed by atoms with Gasteiger partial charge in [-0.1, -0.05) is 0 Å². The molecule has 9 heteroatoms. The molecule has 0 spiro atoms. The highest BCUT2D eigenvalue weighted by Crippen LogP contribution is 2.43. The number of halogens is 1. The van der Waals surface area contributed by atoms with Gasteiger partial charge >= 0.3 is 0 Å². The van der Waals surface area contributed by atoms with Crippen LogP contribution in [0.4, 0.5) is 10.2 Å². The molecule has 2 heterocycles. The Kier molecular flexibility index (Phi) is 6.03. The molecule has 0 radical (unpaired) electrons. The van der Waals surface area contributed by atoms with Gasteiger partial charge in [0.15, 0.2) is 5.82 Å². The maximum atomic E-state index is 14.7. The number of anilines is 1. The van der Waals surface area contributed by atoms with Crippen LogP contribution in [0.25, 0.3) is 0 Å². The molecule has 0 atom stereocenters. The standard InChI is InChI=1S/C25H27FN4O4/c1-14(2)27-24(32)17-7-6-16(12-19(17)26)33-20-10-15(11-21-18(20)13-25(3,4)34-21)23(31)28-22-8-9-30(5)29-22/h6-12,14H,13H2,1-5H3,(H,27,32)(H,28,29,31). The molecule has 2 aromatic carbocycles. The number of nitrogens with zero attached hydrogens (tertiary/aromatic N) is 2. The van der Waals surface area contributed by atoms with Crippen molar-refractivity contribution in [3.8, 4) is 17.2 Å². The predicted molar refractivity (Wildman–Crippen MR) is 125 cm³/mol. The zero-order valence-corrected chi connectivity index (χ0v) is 19.7. The second kappa shape index (κ2) is 8.81. The van der Waals surface area contributed by atoms with E-state index in [9.17, 15) is 14.0 Å². The molecule has 1 aliphatic rings. The lowest BCUT2D eigenvalue weighted by Crippen LogP contribution is -2.30. The average molecular weight is 467 g/mol. The Balaban J connectivity index is 1.64. The Morgan fingerprint density at radius 1 is 1.18 bits per heavy atom. The van der Waals surface area contributed by atoms with Crippen LogP contribution in [0, 0.1) is 5.82 Å². The van der Waals surface area contributed by atoms with Gasteiger partial charge in [0.05, 0.1) is 5.56 Å². The number of rotatable bonds is 6. The lowest BCUT2D eigenvalue weighted by atomic mass is 9.99. The van der Waals surface area contributed by atoms with Crippen molar-refractivity contribution in [1.82, 2.24) is 15.1 Å². The van der Waals surface area contributed by atoms with Gasteiger partial charge < -0.3 is 20.1 Å². The van der Waals surface area contributed by atoms with Crippen molar-refractivity contribution >= 4 is 17.6 Å². The lowest BCUT2D eigenvalue weighted by Gasteiger charge is -2.16. The quantitative estimate of drug-likeness (QED) is 0.560. The van der Waals surface area contributed by atoms with Crippen molar-refractivity contribution in [2.75, 3.05) is 5.32 Å². The number of ether oxygens (including phenoxy) is 2. The summed E-state index contributed by atoms with van der Waals surface area (Å²) in [4.78, 5) is 25.1. The summed E-state index contributed by atoms with van der Waals surface area (Å²) < 4.78 is 28.3. The van der Waals surface area contributed by atoms with Crippen LogP contribution in [0.5, 0.6) is 17.2 Å². The van der Waals surface area contributed by atoms with E-state index in [0.29, 0.717) is 29.3 Å². The van der Waals surface area contributed by atoms with Crippen molar-refractivity contribution in [1.29, 1.82) is 0 Å². The van der Waals surface area contributed by atoms with E-state index in [0.717, 1.165) is 11.6 Å². The number of aromatic nitrogens is 2. The largest absolute Gasteiger partial charge is 0.487 e. The van der Waals surface area contributed by atoms with Crippen LogP contribution in [0.1, 0.15) is 54.0 Å². The first-order valence-corrected chi connectivity index (χ1v) is 11.0. The zero-order valence-electron chi connectivity index (χ0n) is 19.7. The lowest BCUT2D eigenvalue weighted by molar-refractivity contribution is 0.0938. The maximum absolute atomic E-state index is 14.7. The molecule has 34 heavy (non-hydrogen) atoms. The third-order valence-corrected chi connectivity index (χ3v) is 5.21. The van der Waals surface area contributed by atoms with Crippen LogP contribution in [-0.4, -0.2) is 33.2 Å². The first-order chi connectivity index (χ1) is 16.0. The van der Waals surface area contributed by atoms with E-state index in [1.165, 1.54) is 12.1 Å². The highest BCUT2D eigenvalue weighted by atomic mass is 19.1. The predicted octanol–water partition coefficient (Wildman–Crippen LogP) is 4.46. The van der Waals surface area contributed by atoms with Crippen LogP contribution in [0.3, 0.4) is 0 Å². The summed E-state index contributed by atoms with van der Waals surface area (Å²) in [5.41, 5.74) is 0.534. The smallest absolute Gasteiger partial charge is 0.257 e. The number of hydrogen-bond acceptors (Lipinski definition) is 5. The number of carbonyl (C=O) groups is 2. The summed E-state index contributed by atoms with van der Waals surface area (Å²) in [6.45, 7) is 7.47. The first-order valence-electron chi connectivity index (χ1n) is 11.0. The third-order valence-electron chi connectivity index (χ3n) is 5.21. The molecular weight excluding hydrogens is 439 g/mol. The third kappa shape index (κ3) is 5.03. The minimum atomic E-state index is -0.701. The fourth-order valence-electron chi connectivity index (χ4n) is 3.75. The number of hydrogen-bond donors (Lipinski definition) is 2. The van der Waals surface area contributed by atoms with Gasteiger partial charge in [0, 0.05) is 49.0 Å². The molecule has 8 nitrogen and oxygen atoms in total. The van der Waals surface area contributed by atoms with Crippen molar-refractivity contribution < 1.29 is 23.5 Å². The van der Waals surface area contributed by atoms with Crippen molar-refractivity contribution in [3.63, 3.8) is 0 Å². The Bertz CT molecular complexity index is 1270. The molecule has 0 fully saturated rings. The van der Waals surface area contributed by atoms with Crippen LogP contribution >= 0.6 is 0 Å². The SMILES string of the molecule is CC(C)NC(=O)c1ccc(Oc2cc(C(=O)Nc3ccn(C)n3)cc3c2CC(C)(C)O3)cc1F. The summed E-state index contributed by atoms with van der Waals surface area (Å²) in [5.74, 6) is -0.0558. The van der Waals surface area contributed by atoms with Gasteiger partial charge in [0.1, 0.15) is 28.7 Å². The normalized spacial score (nSPS) is 13.9. The van der Waals surface area contributed by atoms with E-state index in [-0.39, 0.29) is 23.3 Å². The first kappa shape index (κ1) is 23.3. The molecule has 2 amide bonds. The number of amides is 2. The molecule has 4 rings (SSSR count). The highest BCUT2D eigenvalue weighted by molar-refractivity contribution is 6.04. The van der Waals surface area contributed by atoms with Gasteiger partial charge in [-0.15, -0.1) is 0 Å². The second-order valence-electron chi connectivity index (χ2n) is 9.19. The van der Waals surface area contributed by atoms with Crippen LogP contribution in [0.15, 0.2) is 42.6 Å². The van der Waals surface area contributed by atoms with E-state index in [4.69, 9.17) is 9.47 Å². The summed E-state index contributed by atoms with van der Waals surface area (Å²) in [5, 5.41) is 9.57. The Hall–Kier alpha value is -3.88. The summed E-state index contributed by atoms with van der Waals surface area (Å²) in [7, 11) is 1.75. The van der Waals surface area contributed by atoms with E-state index in [1.807, 2.05) is 13.8 Å². The van der Waals surface area contributed by atoms with Crippen molar-refractivity contribution in [3.05, 3.63) is 65.1 Å². The van der Waals surface area contributed by atoms with Crippen molar-refractivity contribution in [2.45, 2.75) is 45.8 Å². The van der Waals surface area contributed by atoms with Gasteiger partial charge in [0.25, 0.3) is 11.8 Å². The fourth-order valence-corrected chi connectivity index (χ4v) is 3.75. The molecule has 0 saturated heterocycles. The number of carbonyl (C=O) groups excluding carboxylic acids is 2. The Morgan fingerprint density at radius 3 is 2.59 bits per heavy atom. The van der Waals surface area contributed by atoms with Gasteiger partial charge in [0.2, 0.25) is 0 Å². The average Bonchev–Trinajstić information content (AvgIpc) is 3.28. The highest BCUT2D eigenvalue weighted by Gasteiger charge is 2.34. The van der Waals surface area contributed by atoms with Crippen LogP contribution in [0.2, 0.25) is 0 Å². The van der Waals surface area contributed by atoms with Gasteiger partial charge in [-0.25, -0.2) is 4.39 Å². The number of benzene rings is 2. The number of fused-ring (bicyclic) bond motifs is 1. The number of aryl methyl sites for hydroxylation is 1. The molecule has 0 bridgehead atoms. The maximum Gasteiger partial charge on any atom is 0.257 e. The summed E-state index contributed by atoms with van der Waals surface area (Å²) in [6.07, 6.45) is 2.27. The molecule has 1 aromatic heterocycles. The molecule has 0 unspecified atom stereocenters. The van der Waals surface area contributed by atoms with Gasteiger partial charge in [-0.3, -0.25) is 14.3 Å². The molecule has 3 aromatic rings. The molecule has 178 valence electrons. The van der Waals surface area contributed by atoms with E-state index < -0.39 is 17.3 Å². The minimum absolute atomic E-state index is 0.0702. The molecule has 0 aliphatic carbocycles. The minimum Gasteiger partial charge on any atom is -0.487 e. The second-order valence-corrected chi connectivity index (χ2v) is 9.19. The Morgan fingerprint density at radius 2 is 1.94 bits per heavy atom. The van der Waals surface area contributed by atoms with Gasteiger partial charge in [-0.2, -0.15) is 5.10 Å². The zero-order chi connectivity index (χ0) is 24.6. The Labute approximate surface area is 197 Å². The number of nitrogens with one attached hydrogen (secondary N) is 2. The molecular formula is C25H27FN4O4. The van der Waals surface area contributed by atoms with Crippen LogP contribution in [-0.2, 0) is 13.5 Å². The van der Waals surface area contributed by atoms with E-state index in [2.05, 4.69) is 15.7 Å². The molecule has 0 saturated carbocycles. The fraction of sp³-hybridized carbons (Fsp3) is 0.320. The molecule has 1 aliphatic heterocycles. The topological polar surface area (TPSA) is 94.5 Å². The van der Waals surface area contributed by atoms with E-state index >= 15 is 0 Å². The molecule has 2 N–H and O–H groups in total.